The van der Waals surface area contributed by atoms with Crippen molar-refractivity contribution in [3.8, 4) is 17.2 Å². The summed E-state index contributed by atoms with van der Waals surface area (Å²) in [5.74, 6) is 0.563. The van der Waals surface area contributed by atoms with Crippen molar-refractivity contribution in [2.45, 2.75) is 13.8 Å². The Balaban J connectivity index is 1.54. The lowest BCUT2D eigenvalue weighted by atomic mass is 10.1. The number of benzene rings is 1. The maximum Gasteiger partial charge on any atom is 0.283 e. The molecule has 0 unspecified atom stereocenters. The third kappa shape index (κ3) is 3.98. The maximum absolute atomic E-state index is 12.9. The van der Waals surface area contributed by atoms with E-state index in [9.17, 15) is 4.79 Å². The van der Waals surface area contributed by atoms with Crippen LogP contribution < -0.4 is 9.47 Å². The molecule has 0 saturated heterocycles. The summed E-state index contributed by atoms with van der Waals surface area (Å²) in [6.45, 7) is 3.87. The van der Waals surface area contributed by atoms with Gasteiger partial charge in [0.05, 0.1) is 30.5 Å². The predicted octanol–water partition coefficient (Wildman–Crippen LogP) is 4.83. The van der Waals surface area contributed by atoms with Gasteiger partial charge in [-0.25, -0.2) is 0 Å². The lowest BCUT2D eigenvalue weighted by Gasteiger charge is -2.20. The number of carbonyl (C=O) groups is 1. The molecule has 2 aliphatic rings. The van der Waals surface area contributed by atoms with Crippen molar-refractivity contribution in [1.82, 2.24) is 14.6 Å². The monoisotopic (exact) mass is 520 g/mol. The van der Waals surface area contributed by atoms with E-state index in [1.165, 1.54) is 16.8 Å². The van der Waals surface area contributed by atoms with Crippen LogP contribution in [-0.2, 0) is 4.79 Å². The van der Waals surface area contributed by atoms with Gasteiger partial charge in [-0.05, 0) is 61.5 Å². The number of rotatable bonds is 5. The normalized spacial score (nSPS) is 16.2. The van der Waals surface area contributed by atoms with Gasteiger partial charge in [0.15, 0.2) is 5.84 Å². The summed E-state index contributed by atoms with van der Waals surface area (Å²) >= 11 is 7.64. The van der Waals surface area contributed by atoms with Crippen LogP contribution in [0.2, 0.25) is 5.02 Å². The number of aryl methyl sites for hydroxylation is 1. The largest absolute Gasteiger partial charge is 0.495 e. The zero-order chi connectivity index (χ0) is 25.6. The molecule has 9 nitrogen and oxygen atoms in total. The zero-order valence-corrected chi connectivity index (χ0v) is 21.4. The number of fused-ring (bicyclic) bond motifs is 1. The third-order valence-corrected chi connectivity index (χ3v) is 7.08. The number of thioether (sulfide) groups is 1. The van der Waals surface area contributed by atoms with Crippen LogP contribution in [-0.4, -0.2) is 50.7 Å². The molecule has 0 radical (unpaired) electrons. The number of aromatic nitrogens is 2. The minimum Gasteiger partial charge on any atom is -0.495 e. The SMILES string of the molecule is COc1cc(OC)c(-n2c(C)cc(C=C3C(=N)N4N=C(c5cccnc5)SC4=NC3=O)c2C)cc1Cl. The molecule has 36 heavy (non-hydrogen) atoms. The maximum atomic E-state index is 12.9. The van der Waals surface area contributed by atoms with Gasteiger partial charge in [0, 0.05) is 35.4 Å². The van der Waals surface area contributed by atoms with E-state index in [1.54, 1.807) is 50.9 Å². The second-order valence-electron chi connectivity index (χ2n) is 7.99. The van der Waals surface area contributed by atoms with Crippen LogP contribution in [0.15, 0.2) is 58.4 Å². The number of halogens is 1. The molecule has 2 aliphatic heterocycles. The van der Waals surface area contributed by atoms with Gasteiger partial charge in [-0.3, -0.25) is 15.2 Å². The molecular weight excluding hydrogens is 500 g/mol. The Bertz CT molecular complexity index is 1510. The molecular formula is C25H21ClN6O3S. The fraction of sp³-hybridized carbons (Fsp3) is 0.160. The molecule has 4 heterocycles. The summed E-state index contributed by atoms with van der Waals surface area (Å²) in [7, 11) is 3.12. The Morgan fingerprint density at radius 1 is 1.14 bits per heavy atom. The molecule has 0 spiro atoms. The summed E-state index contributed by atoms with van der Waals surface area (Å²) in [6.07, 6.45) is 5.03. The van der Waals surface area contributed by atoms with Gasteiger partial charge >= 0.3 is 0 Å². The molecule has 1 aromatic carbocycles. The first-order chi connectivity index (χ1) is 17.3. The number of hydrogen-bond acceptors (Lipinski definition) is 7. The molecule has 0 aliphatic carbocycles. The lowest BCUT2D eigenvalue weighted by molar-refractivity contribution is -0.114. The van der Waals surface area contributed by atoms with Crippen molar-refractivity contribution in [2.24, 2.45) is 10.1 Å². The van der Waals surface area contributed by atoms with Crippen molar-refractivity contribution >= 4 is 51.4 Å². The highest BCUT2D eigenvalue weighted by molar-refractivity contribution is 8.27. The van der Waals surface area contributed by atoms with E-state index < -0.39 is 5.91 Å². The van der Waals surface area contributed by atoms with Crippen LogP contribution in [0.3, 0.4) is 0 Å². The number of hydrogen-bond donors (Lipinski definition) is 1. The van der Waals surface area contributed by atoms with Crippen LogP contribution in [0.5, 0.6) is 11.5 Å². The lowest BCUT2D eigenvalue weighted by Crippen LogP contribution is -2.35. The minimum atomic E-state index is -0.490. The van der Waals surface area contributed by atoms with Gasteiger partial charge in [-0.15, -0.1) is 0 Å². The molecule has 5 rings (SSSR count). The van der Waals surface area contributed by atoms with Crippen molar-refractivity contribution in [3.05, 3.63) is 75.8 Å². The Kier molecular flexibility index (Phi) is 6.15. The second-order valence-corrected chi connectivity index (χ2v) is 9.35. The molecule has 11 heteroatoms. The van der Waals surface area contributed by atoms with E-state index in [2.05, 4.69) is 15.1 Å². The van der Waals surface area contributed by atoms with E-state index in [0.717, 1.165) is 28.2 Å². The van der Waals surface area contributed by atoms with Gasteiger partial charge in [0.25, 0.3) is 5.91 Å². The molecule has 2 aromatic heterocycles. The van der Waals surface area contributed by atoms with Crippen LogP contribution in [0, 0.1) is 19.3 Å². The molecule has 182 valence electrons. The summed E-state index contributed by atoms with van der Waals surface area (Å²) in [5, 5.41) is 16.0. The van der Waals surface area contributed by atoms with Gasteiger partial charge in [0.1, 0.15) is 16.5 Å². The molecule has 0 saturated carbocycles. The van der Waals surface area contributed by atoms with E-state index in [1.807, 2.05) is 30.5 Å². The third-order valence-electron chi connectivity index (χ3n) is 5.83. The van der Waals surface area contributed by atoms with Crippen molar-refractivity contribution < 1.29 is 14.3 Å². The number of aliphatic imine (C=N–C) groups is 1. The van der Waals surface area contributed by atoms with Gasteiger partial charge < -0.3 is 14.0 Å². The number of ether oxygens (including phenoxy) is 2. The van der Waals surface area contributed by atoms with Crippen LogP contribution in [0.4, 0.5) is 0 Å². The van der Waals surface area contributed by atoms with Gasteiger partial charge in [-0.1, -0.05) is 11.6 Å². The van der Waals surface area contributed by atoms with E-state index in [0.29, 0.717) is 26.7 Å². The minimum absolute atomic E-state index is 0.0359. The standard InChI is InChI=1S/C25H21ClN6O3S/c1-13-8-16(14(2)31(13)19-10-18(26)20(34-3)11-21(19)35-4)9-17-22(27)32-25(29-23(17)33)36-24(30-32)15-6-5-7-28-12-15/h5-12,27H,1-4H3. The molecule has 0 bridgehead atoms. The van der Waals surface area contributed by atoms with E-state index in [-0.39, 0.29) is 11.4 Å². The topological polar surface area (TPSA) is 105 Å². The summed E-state index contributed by atoms with van der Waals surface area (Å²) in [6, 6.07) is 9.11. The average molecular weight is 521 g/mol. The second kappa shape index (κ2) is 9.29. The molecule has 0 fully saturated rings. The first-order valence-corrected chi connectivity index (χ1v) is 12.0. The highest BCUT2D eigenvalue weighted by Crippen LogP contribution is 2.37. The van der Waals surface area contributed by atoms with Crippen LogP contribution in [0.1, 0.15) is 22.5 Å². The predicted molar refractivity (Wildman–Crippen MR) is 142 cm³/mol. The summed E-state index contributed by atoms with van der Waals surface area (Å²) in [5.41, 5.74) is 4.17. The number of pyridine rings is 1. The highest BCUT2D eigenvalue weighted by Gasteiger charge is 2.36. The first kappa shape index (κ1) is 23.8. The Morgan fingerprint density at radius 2 is 1.92 bits per heavy atom. The Morgan fingerprint density at radius 3 is 2.61 bits per heavy atom. The van der Waals surface area contributed by atoms with E-state index in [4.69, 9.17) is 26.5 Å². The molecule has 0 atom stereocenters. The molecule has 1 amide bonds. The fourth-order valence-electron chi connectivity index (χ4n) is 4.08. The number of amidine groups is 2. The summed E-state index contributed by atoms with van der Waals surface area (Å²) in [4.78, 5) is 21.2. The van der Waals surface area contributed by atoms with Crippen molar-refractivity contribution in [2.75, 3.05) is 14.2 Å². The number of hydrazone groups is 1. The Labute approximate surface area is 216 Å². The quantitative estimate of drug-likeness (QED) is 0.483. The fourth-order valence-corrected chi connectivity index (χ4v) is 5.19. The molecule has 1 N–H and O–H groups in total. The number of methoxy groups -OCH3 is 2. The van der Waals surface area contributed by atoms with Gasteiger partial charge in [0.2, 0.25) is 5.17 Å². The number of nitrogens with one attached hydrogen (secondary N) is 1. The smallest absolute Gasteiger partial charge is 0.283 e. The average Bonchev–Trinajstić information content (AvgIpc) is 3.42. The zero-order valence-electron chi connectivity index (χ0n) is 19.9. The van der Waals surface area contributed by atoms with E-state index >= 15 is 0 Å². The molecule has 3 aromatic rings. The van der Waals surface area contributed by atoms with Crippen LogP contribution >= 0.6 is 23.4 Å². The first-order valence-electron chi connectivity index (χ1n) is 10.8. The van der Waals surface area contributed by atoms with Gasteiger partial charge in [-0.2, -0.15) is 15.1 Å². The summed E-state index contributed by atoms with van der Waals surface area (Å²) < 4.78 is 12.9. The number of nitrogens with zero attached hydrogens (tertiary/aromatic N) is 5. The van der Waals surface area contributed by atoms with Crippen molar-refractivity contribution in [3.63, 3.8) is 0 Å². The van der Waals surface area contributed by atoms with Crippen molar-refractivity contribution in [1.29, 1.82) is 5.41 Å². The Hall–Kier alpha value is -3.89. The van der Waals surface area contributed by atoms with Crippen LogP contribution in [0.25, 0.3) is 11.8 Å². The number of carbonyl (C=O) groups excluding carboxylic acids is 1. The highest BCUT2D eigenvalue weighted by atomic mass is 35.5. The number of amides is 1.